The predicted octanol–water partition coefficient (Wildman–Crippen LogP) is 0.839. The summed E-state index contributed by atoms with van der Waals surface area (Å²) < 4.78 is 5.39. The number of benzene rings is 1. The summed E-state index contributed by atoms with van der Waals surface area (Å²) in [5.74, 6) is 0.633. The van der Waals surface area contributed by atoms with Gasteiger partial charge in [0.1, 0.15) is 5.75 Å². The lowest BCUT2D eigenvalue weighted by Crippen LogP contribution is -2.30. The highest BCUT2D eigenvalue weighted by molar-refractivity contribution is 5.77. The lowest BCUT2D eigenvalue weighted by atomic mass is 10.2. The van der Waals surface area contributed by atoms with Crippen molar-refractivity contribution in [2.45, 2.75) is 13.3 Å². The van der Waals surface area contributed by atoms with Crippen LogP contribution in [-0.2, 0) is 4.79 Å². The Morgan fingerprint density at radius 1 is 1.44 bits per heavy atom. The van der Waals surface area contributed by atoms with Crippen LogP contribution in [0.1, 0.15) is 12.0 Å². The van der Waals surface area contributed by atoms with Crippen molar-refractivity contribution in [3.63, 3.8) is 0 Å². The van der Waals surface area contributed by atoms with Gasteiger partial charge in [0.25, 0.3) is 5.91 Å². The minimum absolute atomic E-state index is 0.0510. The topological polar surface area (TPSA) is 64.3 Å². The van der Waals surface area contributed by atoms with Gasteiger partial charge in [-0.3, -0.25) is 4.79 Å². The summed E-state index contributed by atoms with van der Waals surface area (Å²) in [6.45, 7) is 3.18. The molecule has 0 aliphatic rings. The lowest BCUT2D eigenvalue weighted by molar-refractivity contribution is -0.123. The van der Waals surface area contributed by atoms with Crippen molar-refractivity contribution >= 4 is 5.91 Å². The standard InChI is InChI=1S/C12H18N2O2/c1-10-5-2-3-6-11(10)16-9-12(15)14-8-4-7-13/h2-3,5-6H,4,7-9,13H2,1H3,(H,14,15). The quantitative estimate of drug-likeness (QED) is 0.701. The van der Waals surface area contributed by atoms with Crippen molar-refractivity contribution in [3.05, 3.63) is 29.8 Å². The Bertz CT molecular complexity index is 340. The molecule has 88 valence electrons. The minimum Gasteiger partial charge on any atom is -0.484 e. The normalized spacial score (nSPS) is 9.88. The molecule has 0 bridgehead atoms. The molecule has 1 aromatic rings. The van der Waals surface area contributed by atoms with E-state index in [2.05, 4.69) is 5.32 Å². The van der Waals surface area contributed by atoms with Gasteiger partial charge in [-0.1, -0.05) is 18.2 Å². The zero-order valence-corrected chi connectivity index (χ0v) is 9.53. The van der Waals surface area contributed by atoms with Gasteiger partial charge in [0.2, 0.25) is 0 Å². The summed E-state index contributed by atoms with van der Waals surface area (Å²) in [4.78, 5) is 11.3. The van der Waals surface area contributed by atoms with Crippen LogP contribution in [0.3, 0.4) is 0 Å². The molecule has 0 saturated heterocycles. The van der Waals surface area contributed by atoms with Gasteiger partial charge in [-0.05, 0) is 31.5 Å². The molecule has 0 saturated carbocycles. The molecular formula is C12H18N2O2. The minimum atomic E-state index is -0.114. The van der Waals surface area contributed by atoms with Crippen molar-refractivity contribution < 1.29 is 9.53 Å². The van der Waals surface area contributed by atoms with E-state index in [1.807, 2.05) is 31.2 Å². The molecule has 1 amide bonds. The first-order valence-electron chi connectivity index (χ1n) is 5.39. The van der Waals surface area contributed by atoms with Gasteiger partial charge in [0.05, 0.1) is 0 Å². The molecule has 1 rings (SSSR count). The van der Waals surface area contributed by atoms with Gasteiger partial charge in [0.15, 0.2) is 6.61 Å². The summed E-state index contributed by atoms with van der Waals surface area (Å²) in [7, 11) is 0. The van der Waals surface area contributed by atoms with Crippen molar-refractivity contribution in [2.24, 2.45) is 5.73 Å². The lowest BCUT2D eigenvalue weighted by Gasteiger charge is -2.08. The van der Waals surface area contributed by atoms with Crippen LogP contribution >= 0.6 is 0 Å². The van der Waals surface area contributed by atoms with Crippen molar-refractivity contribution in [1.82, 2.24) is 5.32 Å². The summed E-state index contributed by atoms with van der Waals surface area (Å²) >= 11 is 0. The van der Waals surface area contributed by atoms with Crippen molar-refractivity contribution in [1.29, 1.82) is 0 Å². The fourth-order valence-corrected chi connectivity index (χ4v) is 1.24. The highest BCUT2D eigenvalue weighted by atomic mass is 16.5. The van der Waals surface area contributed by atoms with Crippen molar-refractivity contribution in [2.75, 3.05) is 19.7 Å². The Labute approximate surface area is 95.8 Å². The van der Waals surface area contributed by atoms with E-state index < -0.39 is 0 Å². The summed E-state index contributed by atoms with van der Waals surface area (Å²) in [5, 5.41) is 2.73. The number of hydrogen-bond acceptors (Lipinski definition) is 3. The number of nitrogens with one attached hydrogen (secondary N) is 1. The molecule has 4 heteroatoms. The average Bonchev–Trinajstić information content (AvgIpc) is 2.28. The summed E-state index contributed by atoms with van der Waals surface area (Å²) in [6.07, 6.45) is 0.788. The van der Waals surface area contributed by atoms with E-state index >= 15 is 0 Å². The zero-order chi connectivity index (χ0) is 11.8. The van der Waals surface area contributed by atoms with E-state index in [4.69, 9.17) is 10.5 Å². The van der Waals surface area contributed by atoms with E-state index in [1.54, 1.807) is 0 Å². The first-order valence-corrected chi connectivity index (χ1v) is 5.39. The number of carbonyl (C=O) groups is 1. The number of nitrogens with two attached hydrogens (primary N) is 1. The molecule has 0 radical (unpaired) electrons. The summed E-state index contributed by atoms with van der Waals surface area (Å²) in [5.41, 5.74) is 6.34. The predicted molar refractivity (Wildman–Crippen MR) is 63.4 cm³/mol. The van der Waals surface area contributed by atoms with E-state index in [0.29, 0.717) is 13.1 Å². The fourth-order valence-electron chi connectivity index (χ4n) is 1.24. The van der Waals surface area contributed by atoms with Crippen LogP contribution in [0.4, 0.5) is 0 Å². The van der Waals surface area contributed by atoms with Gasteiger partial charge in [-0.25, -0.2) is 0 Å². The molecule has 0 atom stereocenters. The number of aryl methyl sites for hydroxylation is 1. The molecule has 0 fully saturated rings. The number of carbonyl (C=O) groups excluding carboxylic acids is 1. The number of amides is 1. The number of ether oxygens (including phenoxy) is 1. The first kappa shape index (κ1) is 12.5. The average molecular weight is 222 g/mol. The number of rotatable bonds is 6. The van der Waals surface area contributed by atoms with Crippen LogP contribution in [0.2, 0.25) is 0 Å². The second-order valence-corrected chi connectivity index (χ2v) is 3.55. The second-order valence-electron chi connectivity index (χ2n) is 3.55. The molecule has 1 aromatic carbocycles. The van der Waals surface area contributed by atoms with E-state index in [-0.39, 0.29) is 12.5 Å². The molecule has 0 unspecified atom stereocenters. The Morgan fingerprint density at radius 3 is 2.88 bits per heavy atom. The van der Waals surface area contributed by atoms with Crippen LogP contribution in [0.5, 0.6) is 5.75 Å². The van der Waals surface area contributed by atoms with E-state index in [0.717, 1.165) is 17.7 Å². The van der Waals surface area contributed by atoms with Gasteiger partial charge in [-0.2, -0.15) is 0 Å². The Balaban J connectivity index is 2.29. The number of para-hydroxylation sites is 1. The van der Waals surface area contributed by atoms with Gasteiger partial charge >= 0.3 is 0 Å². The van der Waals surface area contributed by atoms with Gasteiger partial charge in [-0.15, -0.1) is 0 Å². The van der Waals surface area contributed by atoms with Gasteiger partial charge in [0, 0.05) is 6.54 Å². The SMILES string of the molecule is Cc1ccccc1OCC(=O)NCCCN. The molecule has 4 nitrogen and oxygen atoms in total. The van der Waals surface area contributed by atoms with Crippen LogP contribution < -0.4 is 15.8 Å². The second kappa shape index (κ2) is 6.85. The molecule has 0 aromatic heterocycles. The van der Waals surface area contributed by atoms with Crippen LogP contribution in [0, 0.1) is 6.92 Å². The van der Waals surface area contributed by atoms with Crippen LogP contribution in [0.15, 0.2) is 24.3 Å². The van der Waals surface area contributed by atoms with E-state index in [1.165, 1.54) is 0 Å². The maximum atomic E-state index is 11.3. The Kier molecular flexibility index (Phi) is 5.36. The third-order valence-corrected chi connectivity index (χ3v) is 2.16. The molecule has 0 aliphatic carbocycles. The monoisotopic (exact) mass is 222 g/mol. The number of hydrogen-bond donors (Lipinski definition) is 2. The summed E-state index contributed by atoms with van der Waals surface area (Å²) in [6, 6.07) is 7.61. The zero-order valence-electron chi connectivity index (χ0n) is 9.53. The highest BCUT2D eigenvalue weighted by Crippen LogP contribution is 2.15. The maximum absolute atomic E-state index is 11.3. The maximum Gasteiger partial charge on any atom is 0.257 e. The molecular weight excluding hydrogens is 204 g/mol. The molecule has 16 heavy (non-hydrogen) atoms. The Morgan fingerprint density at radius 2 is 2.19 bits per heavy atom. The van der Waals surface area contributed by atoms with Crippen LogP contribution in [0.25, 0.3) is 0 Å². The third-order valence-electron chi connectivity index (χ3n) is 2.16. The van der Waals surface area contributed by atoms with E-state index in [9.17, 15) is 4.79 Å². The smallest absolute Gasteiger partial charge is 0.257 e. The molecule has 0 aliphatic heterocycles. The molecule has 3 N–H and O–H groups in total. The fraction of sp³-hybridized carbons (Fsp3) is 0.417. The molecule has 0 heterocycles. The molecule has 0 spiro atoms. The van der Waals surface area contributed by atoms with Gasteiger partial charge < -0.3 is 15.8 Å². The van der Waals surface area contributed by atoms with Crippen molar-refractivity contribution in [3.8, 4) is 5.75 Å². The third kappa shape index (κ3) is 4.31. The first-order chi connectivity index (χ1) is 7.74. The van der Waals surface area contributed by atoms with Crippen LogP contribution in [-0.4, -0.2) is 25.6 Å². The largest absolute Gasteiger partial charge is 0.484 e. The Hall–Kier alpha value is -1.55. The highest BCUT2D eigenvalue weighted by Gasteiger charge is 2.03.